The van der Waals surface area contributed by atoms with Crippen LogP contribution < -0.4 is 0 Å². The lowest BCUT2D eigenvalue weighted by molar-refractivity contribution is -0.130. The first-order valence-electron chi connectivity index (χ1n) is 11.0. The lowest BCUT2D eigenvalue weighted by Gasteiger charge is -2.28. The molecule has 0 spiro atoms. The maximum Gasteiger partial charge on any atom is 0.229 e. The van der Waals surface area contributed by atoms with Crippen molar-refractivity contribution >= 4 is 5.91 Å². The van der Waals surface area contributed by atoms with E-state index < -0.39 is 0 Å². The number of rotatable bonds is 8. The fourth-order valence-corrected chi connectivity index (χ4v) is 4.36. The number of hydrogen-bond acceptors (Lipinski definition) is 5. The maximum absolute atomic E-state index is 12.3. The number of likely N-dealkylation sites (tertiary alicyclic amines) is 1. The summed E-state index contributed by atoms with van der Waals surface area (Å²) in [5.74, 6) is 2.09. The Morgan fingerprint density at radius 2 is 1.97 bits per heavy atom. The van der Waals surface area contributed by atoms with Crippen molar-refractivity contribution in [1.29, 1.82) is 0 Å². The molecule has 4 rings (SSSR count). The van der Waals surface area contributed by atoms with Gasteiger partial charge in [0, 0.05) is 51.5 Å². The Hall–Kier alpha value is -2.21. The van der Waals surface area contributed by atoms with Crippen molar-refractivity contribution in [2.45, 2.75) is 70.9 Å². The van der Waals surface area contributed by atoms with Crippen molar-refractivity contribution in [3.63, 3.8) is 0 Å². The normalized spacial score (nSPS) is 20.0. The van der Waals surface area contributed by atoms with Crippen LogP contribution in [-0.4, -0.2) is 51.5 Å². The van der Waals surface area contributed by atoms with E-state index in [1.165, 1.54) is 17.5 Å². The molecule has 1 amide bonds. The first kappa shape index (κ1) is 20.1. The highest BCUT2D eigenvalue weighted by atomic mass is 16.5. The van der Waals surface area contributed by atoms with Crippen LogP contribution in [0.25, 0.3) is 0 Å². The molecule has 2 fully saturated rings. The number of aryl methyl sites for hydroxylation is 1. The van der Waals surface area contributed by atoms with Gasteiger partial charge in [-0.3, -0.25) is 9.69 Å². The number of carbonyl (C=O) groups is 1. The quantitative estimate of drug-likeness (QED) is 0.683. The number of carbonyl (C=O) groups excluding carboxylic acids is 1. The molecule has 1 atom stereocenters. The van der Waals surface area contributed by atoms with Crippen molar-refractivity contribution in [3.05, 3.63) is 47.1 Å². The van der Waals surface area contributed by atoms with Crippen LogP contribution in [0.15, 0.2) is 28.8 Å². The molecule has 29 heavy (non-hydrogen) atoms. The van der Waals surface area contributed by atoms with Gasteiger partial charge in [-0.1, -0.05) is 42.8 Å². The second kappa shape index (κ2) is 9.08. The lowest BCUT2D eigenvalue weighted by Crippen LogP contribution is -2.42. The Morgan fingerprint density at radius 3 is 2.62 bits per heavy atom. The van der Waals surface area contributed by atoms with Gasteiger partial charge in [-0.2, -0.15) is 4.98 Å². The molecule has 156 valence electrons. The average Bonchev–Trinajstić information content (AvgIpc) is 3.31. The molecule has 1 aliphatic heterocycles. The fraction of sp³-hybridized carbons (Fsp3) is 0.609. The summed E-state index contributed by atoms with van der Waals surface area (Å²) in [6, 6.07) is 9.15. The molecule has 0 bridgehead atoms. The third kappa shape index (κ3) is 4.86. The van der Waals surface area contributed by atoms with Crippen molar-refractivity contribution in [2.75, 3.05) is 19.6 Å². The molecule has 6 nitrogen and oxygen atoms in total. The Kier molecular flexibility index (Phi) is 6.28. The molecular formula is C23H32N4O2. The predicted molar refractivity (Wildman–Crippen MR) is 111 cm³/mol. The molecule has 2 aliphatic rings. The SMILES string of the molecule is CCc1ccc(CN2CCC(N(CCc3noc(C4CCC4)n3)C(C)=O)C2)cc1. The maximum atomic E-state index is 12.3. The minimum Gasteiger partial charge on any atom is -0.339 e. The summed E-state index contributed by atoms with van der Waals surface area (Å²) in [6.07, 6.45) is 6.31. The van der Waals surface area contributed by atoms with Gasteiger partial charge in [-0.25, -0.2) is 0 Å². The molecule has 1 aliphatic carbocycles. The van der Waals surface area contributed by atoms with Crippen molar-refractivity contribution < 1.29 is 9.32 Å². The minimum atomic E-state index is 0.131. The molecule has 1 saturated carbocycles. The van der Waals surface area contributed by atoms with Gasteiger partial charge in [0.05, 0.1) is 0 Å². The highest BCUT2D eigenvalue weighted by molar-refractivity contribution is 5.73. The van der Waals surface area contributed by atoms with Gasteiger partial charge in [0.2, 0.25) is 11.8 Å². The van der Waals surface area contributed by atoms with Crippen LogP contribution in [0, 0.1) is 0 Å². The van der Waals surface area contributed by atoms with Crippen LogP contribution in [0.3, 0.4) is 0 Å². The monoisotopic (exact) mass is 396 g/mol. The second-order valence-electron chi connectivity index (χ2n) is 8.49. The average molecular weight is 397 g/mol. The van der Waals surface area contributed by atoms with E-state index in [0.717, 1.165) is 57.0 Å². The summed E-state index contributed by atoms with van der Waals surface area (Å²) in [5, 5.41) is 4.13. The van der Waals surface area contributed by atoms with Crippen molar-refractivity contribution in [2.24, 2.45) is 0 Å². The van der Waals surface area contributed by atoms with Gasteiger partial charge in [-0.15, -0.1) is 0 Å². The number of amides is 1. The van der Waals surface area contributed by atoms with E-state index in [9.17, 15) is 4.79 Å². The van der Waals surface area contributed by atoms with Gasteiger partial charge in [0.1, 0.15) is 0 Å². The summed E-state index contributed by atoms with van der Waals surface area (Å²) in [7, 11) is 0. The zero-order chi connectivity index (χ0) is 20.2. The molecular weight excluding hydrogens is 364 g/mol. The van der Waals surface area contributed by atoms with Crippen LogP contribution >= 0.6 is 0 Å². The largest absolute Gasteiger partial charge is 0.339 e. The van der Waals surface area contributed by atoms with Gasteiger partial charge >= 0.3 is 0 Å². The molecule has 2 heterocycles. The molecule has 0 N–H and O–H groups in total. The summed E-state index contributed by atoms with van der Waals surface area (Å²) < 4.78 is 5.41. The summed E-state index contributed by atoms with van der Waals surface area (Å²) in [6.45, 7) is 7.40. The van der Waals surface area contributed by atoms with Crippen LogP contribution in [0.1, 0.15) is 68.3 Å². The molecule has 1 aromatic heterocycles. The predicted octanol–water partition coefficient (Wildman–Crippen LogP) is 3.57. The third-order valence-corrected chi connectivity index (χ3v) is 6.44. The van der Waals surface area contributed by atoms with Crippen LogP contribution in [0.5, 0.6) is 0 Å². The summed E-state index contributed by atoms with van der Waals surface area (Å²) >= 11 is 0. The number of benzene rings is 1. The number of nitrogens with zero attached hydrogens (tertiary/aromatic N) is 4. The zero-order valence-corrected chi connectivity index (χ0v) is 17.6. The first-order valence-corrected chi connectivity index (χ1v) is 11.0. The van der Waals surface area contributed by atoms with E-state index in [-0.39, 0.29) is 11.9 Å². The van der Waals surface area contributed by atoms with Crippen molar-refractivity contribution in [3.8, 4) is 0 Å². The van der Waals surface area contributed by atoms with E-state index in [2.05, 4.69) is 46.2 Å². The van der Waals surface area contributed by atoms with E-state index in [1.54, 1.807) is 6.92 Å². The van der Waals surface area contributed by atoms with E-state index >= 15 is 0 Å². The Morgan fingerprint density at radius 1 is 1.21 bits per heavy atom. The number of hydrogen-bond donors (Lipinski definition) is 0. The fourth-order valence-electron chi connectivity index (χ4n) is 4.36. The molecule has 0 radical (unpaired) electrons. The molecule has 1 saturated heterocycles. The highest BCUT2D eigenvalue weighted by Crippen LogP contribution is 2.35. The first-order chi connectivity index (χ1) is 14.1. The Labute approximate surface area is 173 Å². The van der Waals surface area contributed by atoms with Gasteiger partial charge < -0.3 is 9.42 Å². The zero-order valence-electron chi connectivity index (χ0n) is 17.6. The lowest BCUT2D eigenvalue weighted by atomic mass is 9.85. The smallest absolute Gasteiger partial charge is 0.229 e. The van der Waals surface area contributed by atoms with Gasteiger partial charge in [0.15, 0.2) is 5.82 Å². The molecule has 2 aromatic rings. The van der Waals surface area contributed by atoms with E-state index in [0.29, 0.717) is 18.9 Å². The van der Waals surface area contributed by atoms with Gasteiger partial charge in [0.25, 0.3) is 0 Å². The van der Waals surface area contributed by atoms with E-state index in [1.807, 2.05) is 4.90 Å². The molecule has 1 unspecified atom stereocenters. The molecule has 1 aromatic carbocycles. The standard InChI is InChI=1S/C23H32N4O2/c1-3-18-7-9-19(10-8-18)15-26-13-11-21(16-26)27(17(2)28)14-12-22-24-23(29-25-22)20-5-4-6-20/h7-10,20-21H,3-6,11-16H2,1-2H3. The Balaban J connectivity index is 1.30. The Bertz CT molecular complexity index is 813. The molecule has 6 heteroatoms. The second-order valence-corrected chi connectivity index (χ2v) is 8.49. The topological polar surface area (TPSA) is 62.5 Å². The van der Waals surface area contributed by atoms with E-state index in [4.69, 9.17) is 4.52 Å². The minimum absolute atomic E-state index is 0.131. The third-order valence-electron chi connectivity index (χ3n) is 6.44. The summed E-state index contributed by atoms with van der Waals surface area (Å²) in [5.41, 5.74) is 2.71. The van der Waals surface area contributed by atoms with Crippen LogP contribution in [0.2, 0.25) is 0 Å². The highest BCUT2D eigenvalue weighted by Gasteiger charge is 2.30. The number of aromatic nitrogens is 2. The summed E-state index contributed by atoms with van der Waals surface area (Å²) in [4.78, 5) is 21.3. The van der Waals surface area contributed by atoms with Crippen LogP contribution in [-0.2, 0) is 24.2 Å². The van der Waals surface area contributed by atoms with Crippen molar-refractivity contribution in [1.82, 2.24) is 19.9 Å². The van der Waals surface area contributed by atoms with Gasteiger partial charge in [-0.05, 0) is 36.8 Å². The van der Waals surface area contributed by atoms with Crippen LogP contribution in [0.4, 0.5) is 0 Å².